The highest BCUT2D eigenvalue weighted by Gasteiger charge is 2.26. The van der Waals surface area contributed by atoms with E-state index >= 15 is 0 Å². The Morgan fingerprint density at radius 2 is 0.981 bits per heavy atom. The first-order valence-electron chi connectivity index (χ1n) is 18.9. The molecule has 54 heavy (non-hydrogen) atoms. The summed E-state index contributed by atoms with van der Waals surface area (Å²) in [7, 11) is 2.15. The van der Waals surface area contributed by atoms with Crippen LogP contribution in [0.2, 0.25) is 0 Å². The molecule has 0 saturated heterocycles. The molecule has 0 aliphatic rings. The van der Waals surface area contributed by atoms with Gasteiger partial charge in [-0.2, -0.15) is 9.13 Å². The molecule has 0 saturated carbocycles. The van der Waals surface area contributed by atoms with E-state index in [1.54, 1.807) is 0 Å². The van der Waals surface area contributed by atoms with E-state index in [-0.39, 0.29) is 0 Å². The van der Waals surface area contributed by atoms with Gasteiger partial charge in [-0.15, -0.1) is 0 Å². The lowest BCUT2D eigenvalue weighted by molar-refractivity contribution is -0.768. The summed E-state index contributed by atoms with van der Waals surface area (Å²) in [5, 5.41) is 5.02. The summed E-state index contributed by atoms with van der Waals surface area (Å²) in [5.41, 5.74) is 13.5. The van der Waals surface area contributed by atoms with Gasteiger partial charge in [0.05, 0.1) is 21.9 Å². The van der Waals surface area contributed by atoms with E-state index in [4.69, 9.17) is 0 Å². The fourth-order valence-corrected chi connectivity index (χ4v) is 8.16. The average molecular weight is 701 g/mol. The van der Waals surface area contributed by atoms with E-state index in [0.717, 1.165) is 37.1 Å². The van der Waals surface area contributed by atoms with Crippen molar-refractivity contribution in [1.82, 2.24) is 0 Å². The van der Waals surface area contributed by atoms with Crippen LogP contribution >= 0.6 is 0 Å². The molecule has 0 amide bonds. The summed E-state index contributed by atoms with van der Waals surface area (Å²) in [5.74, 6) is 0. The summed E-state index contributed by atoms with van der Waals surface area (Å²) >= 11 is 0. The summed E-state index contributed by atoms with van der Waals surface area (Å²) in [6.07, 6.45) is 12.4. The molecule has 262 valence electrons. The molecule has 5 aromatic carbocycles. The summed E-state index contributed by atoms with van der Waals surface area (Å²) < 4.78 is 7.09. The molecule has 0 spiro atoms. The molecule has 3 heterocycles. The van der Waals surface area contributed by atoms with Gasteiger partial charge < -0.3 is 0 Å². The number of pyridine rings is 3. The van der Waals surface area contributed by atoms with Crippen molar-refractivity contribution >= 4 is 33.7 Å². The predicted molar refractivity (Wildman–Crippen MR) is 225 cm³/mol. The van der Waals surface area contributed by atoms with E-state index in [1.807, 2.05) is 12.2 Å². The molecule has 0 radical (unpaired) electrons. The van der Waals surface area contributed by atoms with E-state index in [9.17, 15) is 0 Å². The number of benzene rings is 5. The van der Waals surface area contributed by atoms with E-state index in [1.165, 1.54) is 72.0 Å². The van der Waals surface area contributed by atoms with Crippen LogP contribution in [0.4, 0.5) is 0 Å². The molecular weight excluding hydrogens is 655 g/mol. The quantitative estimate of drug-likeness (QED) is 0.119. The lowest BCUT2D eigenvalue weighted by atomic mass is 9.91. The molecule has 0 aliphatic heterocycles. The Morgan fingerprint density at radius 3 is 1.61 bits per heavy atom. The van der Waals surface area contributed by atoms with Crippen molar-refractivity contribution in [2.24, 2.45) is 7.05 Å². The van der Waals surface area contributed by atoms with Crippen molar-refractivity contribution < 1.29 is 13.7 Å². The molecule has 8 aromatic rings. The highest BCUT2D eigenvalue weighted by Crippen LogP contribution is 2.32. The molecule has 0 unspecified atom stereocenters. The predicted octanol–water partition coefficient (Wildman–Crippen LogP) is 10.5. The number of rotatable bonds is 11. The van der Waals surface area contributed by atoms with Crippen LogP contribution in [0, 0.1) is 6.92 Å². The normalized spacial score (nSPS) is 11.2. The van der Waals surface area contributed by atoms with Crippen LogP contribution in [-0.2, 0) is 33.0 Å². The van der Waals surface area contributed by atoms with Crippen LogP contribution in [0.15, 0.2) is 171 Å². The fraction of sp³-hybridized carbons (Fsp3) is 0.118. The van der Waals surface area contributed by atoms with Gasteiger partial charge in [0.2, 0.25) is 30.2 Å². The van der Waals surface area contributed by atoms with Gasteiger partial charge >= 0.3 is 0 Å². The average Bonchev–Trinajstić information content (AvgIpc) is 3.22. The maximum absolute atomic E-state index is 4.32. The van der Waals surface area contributed by atoms with Crippen molar-refractivity contribution in [3.8, 4) is 33.8 Å². The zero-order valence-electron chi connectivity index (χ0n) is 31.3. The summed E-state index contributed by atoms with van der Waals surface area (Å²) in [4.78, 5) is 0. The Kier molecular flexibility index (Phi) is 9.79. The van der Waals surface area contributed by atoms with E-state index in [2.05, 4.69) is 199 Å². The monoisotopic (exact) mass is 700 g/mol. The third-order valence-corrected chi connectivity index (χ3v) is 10.9. The van der Waals surface area contributed by atoms with Gasteiger partial charge in [-0.05, 0) is 83.1 Å². The topological polar surface area (TPSA) is 11.6 Å². The fourth-order valence-electron chi connectivity index (χ4n) is 8.16. The maximum atomic E-state index is 4.32. The number of fused-ring (bicyclic) bond motifs is 2. The standard InChI is InChI=1S/C51H46N3/c1-5-38-30-33-53(35-36-54-34-31-42-21-11-16-26-48(42)51(54)44-22-12-7-17-37(44)3)50(43(38)6-2)47-25-15-9-19-40(47)28-27-39-18-8-13-23-45(39)49-46-24-14-10-20-41(46)29-32-52(49)4/h5-26,29-34H,1-2,27-28,35-36H2,3-4H3/q+3. The first-order chi connectivity index (χ1) is 26.6. The molecule has 3 nitrogen and oxygen atoms in total. The van der Waals surface area contributed by atoms with Gasteiger partial charge in [0.15, 0.2) is 18.6 Å². The molecule has 0 aliphatic carbocycles. The van der Waals surface area contributed by atoms with Crippen molar-refractivity contribution in [3.05, 3.63) is 199 Å². The SMILES string of the molecule is C=Cc1cc[n+](CC[n+]2ccc3ccccc3c2-c2ccccc2C)c(-c2ccccc2CCc2ccccc2-c2c3ccccc3cc[n+]2C)c1C=C. The summed E-state index contributed by atoms with van der Waals surface area (Å²) in [6, 6.07) is 50.5. The second kappa shape index (κ2) is 15.3. The molecule has 8 rings (SSSR count). The van der Waals surface area contributed by atoms with Crippen molar-refractivity contribution in [3.63, 3.8) is 0 Å². The highest BCUT2D eigenvalue weighted by molar-refractivity contribution is 5.94. The third kappa shape index (κ3) is 6.54. The largest absolute Gasteiger partial charge is 0.220 e. The van der Waals surface area contributed by atoms with Gasteiger partial charge in [0.25, 0.3) is 0 Å². The first-order valence-corrected chi connectivity index (χ1v) is 18.9. The van der Waals surface area contributed by atoms with Crippen molar-refractivity contribution in [1.29, 1.82) is 0 Å². The lowest BCUT2D eigenvalue weighted by Gasteiger charge is -2.15. The number of aryl methyl sites for hydroxylation is 6. The Labute approximate surface area is 319 Å². The zero-order valence-corrected chi connectivity index (χ0v) is 31.3. The minimum Gasteiger partial charge on any atom is -0.200 e. The van der Waals surface area contributed by atoms with Gasteiger partial charge in [-0.25, -0.2) is 4.57 Å². The van der Waals surface area contributed by atoms with Crippen LogP contribution in [0.3, 0.4) is 0 Å². The van der Waals surface area contributed by atoms with Gasteiger partial charge in [-0.3, -0.25) is 0 Å². The minimum absolute atomic E-state index is 0.782. The third-order valence-electron chi connectivity index (χ3n) is 10.9. The van der Waals surface area contributed by atoms with Crippen LogP contribution < -0.4 is 13.7 Å². The molecule has 0 fully saturated rings. The van der Waals surface area contributed by atoms with Gasteiger partial charge in [0, 0.05) is 29.3 Å². The van der Waals surface area contributed by atoms with Gasteiger partial charge in [0.1, 0.15) is 7.05 Å². The molecule has 0 bridgehead atoms. The molecule has 3 heteroatoms. The smallest absolute Gasteiger partial charge is 0.200 e. The number of hydrogen-bond donors (Lipinski definition) is 0. The van der Waals surface area contributed by atoms with E-state index in [0.29, 0.717) is 0 Å². The number of hydrogen-bond acceptors (Lipinski definition) is 0. The second-order valence-electron chi connectivity index (χ2n) is 14.1. The lowest BCUT2D eigenvalue weighted by Crippen LogP contribution is -2.47. The Bertz CT molecular complexity index is 2680. The Morgan fingerprint density at radius 1 is 0.481 bits per heavy atom. The number of aromatic nitrogens is 3. The Balaban J connectivity index is 1.18. The number of nitrogens with zero attached hydrogens (tertiary/aromatic N) is 3. The van der Waals surface area contributed by atoms with Crippen LogP contribution in [0.1, 0.15) is 27.8 Å². The molecule has 0 N–H and O–H groups in total. The zero-order chi connectivity index (χ0) is 37.0. The molecule has 3 aromatic heterocycles. The maximum Gasteiger partial charge on any atom is 0.220 e. The summed E-state index contributed by atoms with van der Waals surface area (Å²) in [6.45, 7) is 12.3. The highest BCUT2D eigenvalue weighted by atomic mass is 15.0. The van der Waals surface area contributed by atoms with Gasteiger partial charge in [-0.1, -0.05) is 116 Å². The van der Waals surface area contributed by atoms with Crippen molar-refractivity contribution in [2.45, 2.75) is 32.9 Å². The Hall–Kier alpha value is -6.45. The molecular formula is C51H46N3+3. The minimum atomic E-state index is 0.782. The van der Waals surface area contributed by atoms with Crippen LogP contribution in [0.25, 0.3) is 67.5 Å². The van der Waals surface area contributed by atoms with Crippen LogP contribution in [0.5, 0.6) is 0 Å². The van der Waals surface area contributed by atoms with E-state index < -0.39 is 0 Å². The van der Waals surface area contributed by atoms with Crippen LogP contribution in [-0.4, -0.2) is 0 Å². The second-order valence-corrected chi connectivity index (χ2v) is 14.1. The molecule has 0 atom stereocenters. The van der Waals surface area contributed by atoms with Crippen molar-refractivity contribution in [2.75, 3.05) is 0 Å². The first kappa shape index (κ1) is 34.6.